The first kappa shape index (κ1) is 26.8. The molecule has 14 heteroatoms. The number of hydrogen-bond donors (Lipinski definition) is 2. The number of aliphatic carboxylic acids is 1. The van der Waals surface area contributed by atoms with E-state index in [0.717, 1.165) is 5.56 Å². The highest BCUT2D eigenvalue weighted by Gasteiger charge is 2.70. The SMILES string of the molecule is C[C@@H]1[C@@H](c2ccc(CC(=O)N(C)C)cc2)[C@@]1(NS(=O)(=O)c1ccc(-c2cc(C(F)(F)F)on2)s1)C(=O)O. The molecule has 198 valence electrons. The highest BCUT2D eigenvalue weighted by atomic mass is 32.2. The Balaban J connectivity index is 1.56. The minimum atomic E-state index is -4.75. The van der Waals surface area contributed by atoms with Gasteiger partial charge in [-0.25, -0.2) is 8.42 Å². The number of amides is 1. The fourth-order valence-corrected chi connectivity index (χ4v) is 6.93. The summed E-state index contributed by atoms with van der Waals surface area (Å²) in [6.07, 6.45) is -4.58. The Morgan fingerprint density at radius 2 is 1.84 bits per heavy atom. The zero-order valence-electron chi connectivity index (χ0n) is 19.7. The third-order valence-corrected chi connectivity index (χ3v) is 9.42. The molecular weight excluding hydrogens is 535 g/mol. The molecule has 0 bridgehead atoms. The Morgan fingerprint density at radius 1 is 1.19 bits per heavy atom. The Kier molecular flexibility index (Phi) is 6.71. The quantitative estimate of drug-likeness (QED) is 0.433. The first-order valence-electron chi connectivity index (χ1n) is 10.9. The lowest BCUT2D eigenvalue weighted by Gasteiger charge is -2.15. The minimum absolute atomic E-state index is 0.101. The van der Waals surface area contributed by atoms with E-state index in [4.69, 9.17) is 0 Å². The van der Waals surface area contributed by atoms with Crippen LogP contribution in [0.4, 0.5) is 13.2 Å². The smallest absolute Gasteiger partial charge is 0.452 e. The van der Waals surface area contributed by atoms with Gasteiger partial charge in [-0.3, -0.25) is 9.59 Å². The Bertz CT molecular complexity index is 1450. The second-order valence-electron chi connectivity index (χ2n) is 8.95. The van der Waals surface area contributed by atoms with Crippen molar-refractivity contribution in [2.45, 2.75) is 35.2 Å². The molecule has 0 spiro atoms. The number of carboxylic acids is 1. The Morgan fingerprint density at radius 3 is 2.38 bits per heavy atom. The molecular formula is C23H22F3N3O6S2. The number of thiophene rings is 1. The van der Waals surface area contributed by atoms with Crippen molar-refractivity contribution in [2.75, 3.05) is 14.1 Å². The van der Waals surface area contributed by atoms with Crippen molar-refractivity contribution < 1.29 is 40.8 Å². The molecule has 3 atom stereocenters. The zero-order chi connectivity index (χ0) is 27.3. The summed E-state index contributed by atoms with van der Waals surface area (Å²) in [6, 6.07) is 9.83. The number of rotatable bonds is 8. The molecule has 1 aromatic carbocycles. The number of benzene rings is 1. The molecule has 4 rings (SSSR count). The number of carboxylic acid groups (broad SMARTS) is 1. The van der Waals surface area contributed by atoms with E-state index in [1.54, 1.807) is 45.3 Å². The van der Waals surface area contributed by atoms with E-state index < -0.39 is 45.3 Å². The molecule has 0 unspecified atom stereocenters. The van der Waals surface area contributed by atoms with E-state index in [-0.39, 0.29) is 27.1 Å². The van der Waals surface area contributed by atoms with Crippen molar-refractivity contribution in [3.05, 3.63) is 59.4 Å². The van der Waals surface area contributed by atoms with E-state index in [9.17, 15) is 36.3 Å². The number of alkyl halides is 3. The molecule has 1 saturated carbocycles. The van der Waals surface area contributed by atoms with Gasteiger partial charge < -0.3 is 14.5 Å². The number of halogens is 3. The van der Waals surface area contributed by atoms with Gasteiger partial charge >= 0.3 is 12.1 Å². The monoisotopic (exact) mass is 557 g/mol. The van der Waals surface area contributed by atoms with Gasteiger partial charge in [0.2, 0.25) is 11.7 Å². The second kappa shape index (κ2) is 9.26. The summed E-state index contributed by atoms with van der Waals surface area (Å²) >= 11 is 0.636. The maximum Gasteiger partial charge on any atom is 0.452 e. The van der Waals surface area contributed by atoms with Gasteiger partial charge in [0.05, 0.1) is 11.3 Å². The fourth-order valence-electron chi connectivity index (χ4n) is 4.22. The van der Waals surface area contributed by atoms with Gasteiger partial charge in [-0.15, -0.1) is 11.3 Å². The molecule has 1 aliphatic rings. The standard InChI is InChI=1S/C23H22F3N3O6S2/c1-12-20(14-6-4-13(5-7-14)10-18(30)29(2)3)22(12,21(31)32)28-37(33,34)19-9-8-16(36-19)15-11-17(35-27-15)23(24,25)26/h4-9,11-12,20,28H,10H2,1-3H3,(H,31,32)/t12-,20+,22-/m1/s1. The molecule has 9 nitrogen and oxygen atoms in total. The van der Waals surface area contributed by atoms with Crippen LogP contribution in [0.25, 0.3) is 10.6 Å². The van der Waals surface area contributed by atoms with Crippen molar-refractivity contribution in [2.24, 2.45) is 5.92 Å². The van der Waals surface area contributed by atoms with Crippen LogP contribution in [0.5, 0.6) is 0 Å². The van der Waals surface area contributed by atoms with Crippen LogP contribution in [0.15, 0.2) is 51.2 Å². The number of sulfonamides is 1. The van der Waals surface area contributed by atoms with Crippen molar-refractivity contribution in [3.8, 4) is 10.6 Å². The Labute approximate surface area is 213 Å². The molecule has 2 aromatic heterocycles. The highest BCUT2D eigenvalue weighted by Crippen LogP contribution is 2.58. The summed E-state index contributed by atoms with van der Waals surface area (Å²) < 4.78 is 71.0. The summed E-state index contributed by atoms with van der Waals surface area (Å²) in [7, 11) is -1.09. The maximum absolute atomic E-state index is 13.1. The number of hydrogen-bond acceptors (Lipinski definition) is 7. The van der Waals surface area contributed by atoms with Crippen LogP contribution in [0.3, 0.4) is 0 Å². The van der Waals surface area contributed by atoms with E-state index in [1.165, 1.54) is 17.0 Å². The number of carbonyl (C=O) groups is 2. The lowest BCUT2D eigenvalue weighted by molar-refractivity contribution is -0.155. The molecule has 0 aliphatic heterocycles. The average Bonchev–Trinajstić information content (AvgIpc) is 3.24. The van der Waals surface area contributed by atoms with Crippen LogP contribution < -0.4 is 4.72 Å². The molecule has 1 amide bonds. The van der Waals surface area contributed by atoms with Gasteiger partial charge in [-0.2, -0.15) is 17.9 Å². The van der Waals surface area contributed by atoms with Crippen molar-refractivity contribution >= 4 is 33.2 Å². The van der Waals surface area contributed by atoms with Gasteiger partial charge in [0, 0.05) is 26.1 Å². The van der Waals surface area contributed by atoms with Crippen molar-refractivity contribution in [1.29, 1.82) is 0 Å². The summed E-state index contributed by atoms with van der Waals surface area (Å²) in [5, 5.41) is 13.4. The van der Waals surface area contributed by atoms with Gasteiger partial charge in [-0.1, -0.05) is 36.3 Å². The van der Waals surface area contributed by atoms with Gasteiger partial charge in [0.1, 0.15) is 15.4 Å². The number of aromatic nitrogens is 1. The Hall–Kier alpha value is -3.23. The molecule has 3 aromatic rings. The third-order valence-electron chi connectivity index (χ3n) is 6.34. The van der Waals surface area contributed by atoms with E-state index in [0.29, 0.717) is 23.0 Å². The summed E-state index contributed by atoms with van der Waals surface area (Å²) in [5.41, 5.74) is -0.698. The highest BCUT2D eigenvalue weighted by molar-refractivity contribution is 7.91. The first-order chi connectivity index (χ1) is 17.2. The third kappa shape index (κ3) is 5.00. The molecule has 1 fully saturated rings. The van der Waals surface area contributed by atoms with Crippen LogP contribution in [-0.2, 0) is 32.2 Å². The van der Waals surface area contributed by atoms with Crippen molar-refractivity contribution in [3.63, 3.8) is 0 Å². The lowest BCUT2D eigenvalue weighted by atomic mass is 10.0. The average molecular weight is 558 g/mol. The van der Waals surface area contributed by atoms with E-state index >= 15 is 0 Å². The van der Waals surface area contributed by atoms with Crippen LogP contribution in [0.1, 0.15) is 29.7 Å². The predicted octanol–water partition coefficient (Wildman–Crippen LogP) is 3.59. The van der Waals surface area contributed by atoms with Crippen LogP contribution in [-0.4, -0.2) is 55.1 Å². The first-order valence-corrected chi connectivity index (χ1v) is 13.2. The summed E-state index contributed by atoms with van der Waals surface area (Å²) in [4.78, 5) is 25.8. The van der Waals surface area contributed by atoms with Gasteiger partial charge in [-0.05, 0) is 29.2 Å². The van der Waals surface area contributed by atoms with E-state index in [1.807, 2.05) is 0 Å². The number of likely N-dealkylation sites (N-methyl/N-ethyl adjacent to an activating group) is 1. The van der Waals surface area contributed by atoms with Gasteiger partial charge in [0.25, 0.3) is 10.0 Å². The zero-order valence-corrected chi connectivity index (χ0v) is 21.4. The molecule has 1 aliphatic carbocycles. The molecule has 2 heterocycles. The topological polar surface area (TPSA) is 130 Å². The summed E-state index contributed by atoms with van der Waals surface area (Å²) in [5.74, 6) is -4.06. The largest absolute Gasteiger partial charge is 0.480 e. The maximum atomic E-state index is 13.1. The molecule has 0 radical (unpaired) electrons. The van der Waals surface area contributed by atoms with Crippen molar-refractivity contribution in [1.82, 2.24) is 14.8 Å². The number of nitrogens with zero attached hydrogens (tertiary/aromatic N) is 2. The summed E-state index contributed by atoms with van der Waals surface area (Å²) in [6.45, 7) is 1.61. The minimum Gasteiger partial charge on any atom is -0.480 e. The fraction of sp³-hybridized carbons (Fsp3) is 0.348. The second-order valence-corrected chi connectivity index (χ2v) is 11.9. The van der Waals surface area contributed by atoms with E-state index in [2.05, 4.69) is 14.4 Å². The van der Waals surface area contributed by atoms with Crippen LogP contribution in [0.2, 0.25) is 0 Å². The number of carbonyl (C=O) groups excluding carboxylic acids is 1. The normalized spacial score (nSPS) is 21.6. The molecule has 37 heavy (non-hydrogen) atoms. The molecule has 2 N–H and O–H groups in total. The van der Waals surface area contributed by atoms with Crippen LogP contribution >= 0.6 is 11.3 Å². The lowest BCUT2D eigenvalue weighted by Crippen LogP contribution is -2.45. The number of nitrogens with one attached hydrogen (secondary N) is 1. The predicted molar refractivity (Wildman–Crippen MR) is 126 cm³/mol. The van der Waals surface area contributed by atoms with Crippen LogP contribution in [0, 0.1) is 5.92 Å². The molecule has 0 saturated heterocycles. The van der Waals surface area contributed by atoms with Gasteiger partial charge in [0.15, 0.2) is 0 Å².